The van der Waals surface area contributed by atoms with Crippen LogP contribution in [-0.2, 0) is 16.1 Å². The molecule has 17 heteroatoms. The predicted octanol–water partition coefficient (Wildman–Crippen LogP) is -3.03. The molecule has 0 aliphatic rings. The number of nitrogens with two attached hydrogens (primary N) is 2. The van der Waals surface area contributed by atoms with Gasteiger partial charge < -0.3 is 53.8 Å². The van der Waals surface area contributed by atoms with Crippen LogP contribution in [0.15, 0.2) is 30.5 Å². The second-order valence-corrected chi connectivity index (χ2v) is 7.20. The Labute approximate surface area is 209 Å². The van der Waals surface area contributed by atoms with Gasteiger partial charge in [-0.2, -0.15) is 9.97 Å². The van der Waals surface area contributed by atoms with Crippen molar-refractivity contribution in [3.8, 4) is 0 Å². The maximum Gasteiger partial charge on any atom is 0.326 e. The summed E-state index contributed by atoms with van der Waals surface area (Å²) in [5, 5.41) is 20.2. The number of carbonyl (C=O) groups excluding carboxylic acids is 1. The molecule has 0 fully saturated rings. The lowest BCUT2D eigenvalue weighted by Crippen LogP contribution is -2.41. The minimum Gasteiger partial charge on any atom is -0.481 e. The quantitative estimate of drug-likeness (QED) is 0.186. The third kappa shape index (κ3) is 8.78. The van der Waals surface area contributed by atoms with E-state index in [1.807, 2.05) is 11.9 Å². The van der Waals surface area contributed by atoms with Gasteiger partial charge in [0, 0.05) is 24.7 Å². The number of aromatic nitrogens is 4. The SMILES string of the molecule is CN(Cc1cnc2nc(N)nc(N)c2n1)c1ccc(C(=O)NC(CCC(=O)O)C(=O)O)cc1.O.O.O.O. The fourth-order valence-corrected chi connectivity index (χ4v) is 3.03. The Bertz CT molecular complexity index is 1210. The van der Waals surface area contributed by atoms with Gasteiger partial charge in [-0.25, -0.2) is 14.8 Å². The first kappa shape index (κ1) is 34.5. The third-order valence-electron chi connectivity index (χ3n) is 4.72. The molecule has 1 aromatic carbocycles. The second-order valence-electron chi connectivity index (χ2n) is 7.20. The van der Waals surface area contributed by atoms with E-state index in [-0.39, 0.29) is 52.1 Å². The van der Waals surface area contributed by atoms with Gasteiger partial charge in [-0.05, 0) is 30.7 Å². The molecule has 37 heavy (non-hydrogen) atoms. The molecule has 1 unspecified atom stereocenters. The molecule has 0 saturated heterocycles. The number of carbonyl (C=O) groups is 3. The van der Waals surface area contributed by atoms with Crippen LogP contribution in [0.25, 0.3) is 11.2 Å². The first-order chi connectivity index (χ1) is 15.6. The van der Waals surface area contributed by atoms with Crippen LogP contribution in [0.4, 0.5) is 17.5 Å². The van der Waals surface area contributed by atoms with Gasteiger partial charge in [0.05, 0.1) is 18.4 Å². The molecule has 0 radical (unpaired) electrons. The smallest absolute Gasteiger partial charge is 0.326 e. The molecular weight excluding hydrogens is 496 g/mol. The van der Waals surface area contributed by atoms with Gasteiger partial charge >= 0.3 is 11.9 Å². The number of anilines is 3. The van der Waals surface area contributed by atoms with Crippen molar-refractivity contribution < 1.29 is 46.5 Å². The molecule has 1 atom stereocenters. The van der Waals surface area contributed by atoms with E-state index in [1.165, 1.54) is 12.1 Å². The summed E-state index contributed by atoms with van der Waals surface area (Å²) in [6, 6.07) is 5.16. The zero-order chi connectivity index (χ0) is 24.1. The Balaban J connectivity index is 0. The van der Waals surface area contributed by atoms with Crippen molar-refractivity contribution in [2.45, 2.75) is 25.4 Å². The van der Waals surface area contributed by atoms with Gasteiger partial charge in [-0.15, -0.1) is 0 Å². The lowest BCUT2D eigenvalue weighted by atomic mass is 10.1. The zero-order valence-electron chi connectivity index (χ0n) is 19.6. The van der Waals surface area contributed by atoms with Crippen LogP contribution in [0.2, 0.25) is 0 Å². The highest BCUT2D eigenvalue weighted by molar-refractivity contribution is 5.97. The Kier molecular flexibility index (Phi) is 13.6. The molecule has 2 heterocycles. The van der Waals surface area contributed by atoms with Crippen LogP contribution in [0.5, 0.6) is 0 Å². The number of rotatable bonds is 9. The predicted molar refractivity (Wildman–Crippen MR) is 133 cm³/mol. The maximum absolute atomic E-state index is 12.4. The number of nitrogens with one attached hydrogen (secondary N) is 1. The van der Waals surface area contributed by atoms with Crippen LogP contribution >= 0.6 is 0 Å². The molecule has 0 aliphatic heterocycles. The number of carboxylic acid groups (broad SMARTS) is 2. The van der Waals surface area contributed by atoms with E-state index in [4.69, 9.17) is 16.6 Å². The number of hydrogen-bond acceptors (Lipinski definition) is 10. The Morgan fingerprint density at radius 3 is 2.19 bits per heavy atom. The van der Waals surface area contributed by atoms with Gasteiger partial charge in [-0.1, -0.05) is 0 Å². The summed E-state index contributed by atoms with van der Waals surface area (Å²) in [7, 11) is 1.82. The normalized spacial score (nSPS) is 10.4. The molecule has 0 bridgehead atoms. The van der Waals surface area contributed by atoms with Crippen molar-refractivity contribution in [3.63, 3.8) is 0 Å². The van der Waals surface area contributed by atoms with E-state index in [0.29, 0.717) is 23.4 Å². The standard InChI is InChI=1S/C20H22N8O5.4H2O/c1-28(9-11-8-23-17-15(24-11)16(21)26-20(22)27-17)12-4-2-10(3-5-12)18(31)25-13(19(32)33)6-7-14(29)30;;;;/h2-5,8,13H,6-7,9H2,1H3,(H,25,31)(H,29,30)(H,32,33)(H4,21,22,23,26,27);4*1H2. The van der Waals surface area contributed by atoms with E-state index >= 15 is 0 Å². The number of hydrogen-bond donors (Lipinski definition) is 5. The van der Waals surface area contributed by atoms with Crippen molar-refractivity contribution >= 4 is 46.5 Å². The Morgan fingerprint density at radius 1 is 1.00 bits per heavy atom. The molecule has 17 nitrogen and oxygen atoms in total. The molecule has 0 saturated carbocycles. The summed E-state index contributed by atoms with van der Waals surface area (Å²) in [5.74, 6) is -2.91. The lowest BCUT2D eigenvalue weighted by molar-refractivity contribution is -0.140. The molecule has 3 rings (SSSR count). The number of nitrogen functional groups attached to an aromatic ring is 2. The molecule has 204 valence electrons. The number of benzene rings is 1. The van der Waals surface area contributed by atoms with Crippen molar-refractivity contribution in [2.24, 2.45) is 0 Å². The van der Waals surface area contributed by atoms with E-state index in [1.54, 1.807) is 18.3 Å². The summed E-state index contributed by atoms with van der Waals surface area (Å²) < 4.78 is 0. The van der Waals surface area contributed by atoms with Crippen molar-refractivity contribution in [2.75, 3.05) is 23.4 Å². The van der Waals surface area contributed by atoms with Crippen LogP contribution in [-0.4, -0.2) is 83.0 Å². The third-order valence-corrected chi connectivity index (χ3v) is 4.72. The second kappa shape index (κ2) is 14.6. The number of carboxylic acids is 2. The van der Waals surface area contributed by atoms with Gasteiger partial charge in [0.15, 0.2) is 17.0 Å². The number of aliphatic carboxylic acids is 2. The van der Waals surface area contributed by atoms with E-state index < -0.39 is 23.9 Å². The average molecular weight is 527 g/mol. The summed E-state index contributed by atoms with van der Waals surface area (Å²) in [6.45, 7) is 0.370. The van der Waals surface area contributed by atoms with Crippen LogP contribution in [0.1, 0.15) is 28.9 Å². The monoisotopic (exact) mass is 526 g/mol. The van der Waals surface area contributed by atoms with Crippen molar-refractivity contribution in [1.82, 2.24) is 25.3 Å². The molecule has 15 N–H and O–H groups in total. The average Bonchev–Trinajstić information content (AvgIpc) is 2.76. The van der Waals surface area contributed by atoms with Crippen LogP contribution in [0, 0.1) is 0 Å². The summed E-state index contributed by atoms with van der Waals surface area (Å²) in [4.78, 5) is 52.7. The van der Waals surface area contributed by atoms with E-state index in [0.717, 1.165) is 5.69 Å². The largest absolute Gasteiger partial charge is 0.481 e. The first-order valence-electron chi connectivity index (χ1n) is 9.75. The minimum absolute atomic E-state index is 0. The molecule has 3 aromatic rings. The zero-order valence-corrected chi connectivity index (χ0v) is 19.6. The molecule has 2 aromatic heterocycles. The van der Waals surface area contributed by atoms with Crippen molar-refractivity contribution in [1.29, 1.82) is 0 Å². The van der Waals surface area contributed by atoms with Gasteiger partial charge in [0.2, 0.25) is 5.95 Å². The van der Waals surface area contributed by atoms with E-state index in [9.17, 15) is 19.5 Å². The summed E-state index contributed by atoms with van der Waals surface area (Å²) >= 11 is 0. The number of nitrogens with zero attached hydrogens (tertiary/aromatic N) is 5. The van der Waals surface area contributed by atoms with E-state index in [2.05, 4.69) is 25.3 Å². The summed E-state index contributed by atoms with van der Waals surface area (Å²) in [5.41, 5.74) is 13.7. The molecule has 0 aliphatic carbocycles. The highest BCUT2D eigenvalue weighted by atomic mass is 16.4. The highest BCUT2D eigenvalue weighted by Crippen LogP contribution is 2.19. The Morgan fingerprint density at radius 2 is 1.62 bits per heavy atom. The molecule has 0 spiro atoms. The van der Waals surface area contributed by atoms with Crippen molar-refractivity contribution in [3.05, 3.63) is 41.7 Å². The van der Waals surface area contributed by atoms with Gasteiger partial charge in [-0.3, -0.25) is 9.59 Å². The molecular formula is C20H30N8O9. The first-order valence-corrected chi connectivity index (χ1v) is 9.75. The topological polar surface area (TPSA) is 337 Å². The number of fused-ring (bicyclic) bond motifs is 1. The maximum atomic E-state index is 12.4. The number of amides is 1. The Hall–Kier alpha value is -4.71. The fourth-order valence-electron chi connectivity index (χ4n) is 3.03. The molecule has 1 amide bonds. The summed E-state index contributed by atoms with van der Waals surface area (Å²) in [6.07, 6.45) is 0.964. The van der Waals surface area contributed by atoms with Gasteiger partial charge in [0.1, 0.15) is 6.04 Å². The highest BCUT2D eigenvalue weighted by Gasteiger charge is 2.21. The van der Waals surface area contributed by atoms with Gasteiger partial charge in [0.25, 0.3) is 5.91 Å². The van der Waals surface area contributed by atoms with Crippen LogP contribution in [0.3, 0.4) is 0 Å². The fraction of sp³-hybridized carbons (Fsp3) is 0.250. The lowest BCUT2D eigenvalue weighted by Gasteiger charge is -2.19. The van der Waals surface area contributed by atoms with Crippen LogP contribution < -0.4 is 21.7 Å². The minimum atomic E-state index is -1.30.